The highest BCUT2D eigenvalue weighted by Gasteiger charge is 2.37. The maximum Gasteiger partial charge on any atom is 0.254 e. The molecule has 0 spiro atoms. The van der Waals surface area contributed by atoms with Gasteiger partial charge >= 0.3 is 0 Å². The molecule has 2 aromatic carbocycles. The Morgan fingerprint density at radius 1 is 1.03 bits per heavy atom. The molecule has 170 valence electrons. The molecule has 1 N–H and O–H groups in total. The number of carbonyl (C=O) groups excluding carboxylic acids is 1. The number of amides is 1. The van der Waals surface area contributed by atoms with E-state index in [4.69, 9.17) is 14.5 Å². The molecule has 1 fully saturated rings. The van der Waals surface area contributed by atoms with Crippen LogP contribution in [0.2, 0.25) is 0 Å². The molecule has 0 radical (unpaired) electrons. The third-order valence-corrected chi connectivity index (χ3v) is 6.73. The van der Waals surface area contributed by atoms with Gasteiger partial charge in [-0.1, -0.05) is 18.2 Å². The first-order valence-electron chi connectivity index (χ1n) is 11.4. The number of fused-ring (bicyclic) bond motifs is 4. The quantitative estimate of drug-likeness (QED) is 0.654. The van der Waals surface area contributed by atoms with Crippen LogP contribution in [0.25, 0.3) is 11.0 Å². The number of allylic oxidation sites excluding steroid dienone is 1. The largest absolute Gasteiger partial charge is 0.486 e. The number of nitrogens with zero attached hydrogens (tertiary/aromatic N) is 4. The van der Waals surface area contributed by atoms with E-state index in [9.17, 15) is 4.79 Å². The summed E-state index contributed by atoms with van der Waals surface area (Å²) >= 11 is 0. The number of piperazine rings is 1. The molecule has 0 bridgehead atoms. The highest BCUT2D eigenvalue weighted by atomic mass is 16.6. The lowest BCUT2D eigenvalue weighted by atomic mass is 9.93. The van der Waals surface area contributed by atoms with Gasteiger partial charge in [-0.3, -0.25) is 9.36 Å². The van der Waals surface area contributed by atoms with Crippen molar-refractivity contribution in [1.82, 2.24) is 19.4 Å². The van der Waals surface area contributed by atoms with Crippen molar-refractivity contribution >= 4 is 22.9 Å². The zero-order valence-electron chi connectivity index (χ0n) is 18.9. The van der Waals surface area contributed by atoms with E-state index < -0.39 is 0 Å². The predicted octanol–water partition coefficient (Wildman–Crippen LogP) is 2.87. The second-order valence-electron chi connectivity index (χ2n) is 8.86. The monoisotopic (exact) mass is 445 g/mol. The lowest BCUT2D eigenvalue weighted by Crippen LogP contribution is -2.49. The Balaban J connectivity index is 1.51. The second kappa shape index (κ2) is 7.81. The Kier molecular flexibility index (Phi) is 4.76. The number of rotatable bonds is 2. The molecular weight excluding hydrogens is 418 g/mol. The number of carbonyl (C=O) groups is 1. The zero-order chi connectivity index (χ0) is 22.5. The van der Waals surface area contributed by atoms with Crippen molar-refractivity contribution in [2.24, 2.45) is 0 Å². The normalized spacial score (nSPS) is 20.5. The molecule has 1 aromatic heterocycles. The van der Waals surface area contributed by atoms with Crippen molar-refractivity contribution in [2.45, 2.75) is 13.0 Å². The lowest BCUT2D eigenvalue weighted by Gasteiger charge is -2.37. The van der Waals surface area contributed by atoms with Crippen LogP contribution in [0, 0.1) is 0 Å². The van der Waals surface area contributed by atoms with Crippen molar-refractivity contribution in [1.29, 1.82) is 0 Å². The number of anilines is 1. The minimum Gasteiger partial charge on any atom is -0.486 e. The van der Waals surface area contributed by atoms with E-state index in [0.717, 1.165) is 65.7 Å². The van der Waals surface area contributed by atoms with Crippen LogP contribution in [0.3, 0.4) is 0 Å². The molecule has 4 heterocycles. The molecular formula is C25H27N5O3. The molecule has 3 aliphatic rings. The van der Waals surface area contributed by atoms with Gasteiger partial charge < -0.3 is 24.6 Å². The van der Waals surface area contributed by atoms with Crippen molar-refractivity contribution in [2.75, 3.05) is 51.8 Å². The third kappa shape index (κ3) is 3.33. The molecule has 8 nitrogen and oxygen atoms in total. The SMILES string of the molecule is CC1=C(C(=O)N2CCN(C)CC2)C(c2ccc3c(c2)OCCO3)n2c(nc3ccccc32)N1. The van der Waals surface area contributed by atoms with E-state index in [1.807, 2.05) is 48.2 Å². The van der Waals surface area contributed by atoms with Crippen molar-refractivity contribution in [3.8, 4) is 11.5 Å². The van der Waals surface area contributed by atoms with Crippen LogP contribution in [0.5, 0.6) is 11.5 Å². The molecule has 8 heteroatoms. The van der Waals surface area contributed by atoms with Crippen molar-refractivity contribution < 1.29 is 14.3 Å². The maximum atomic E-state index is 13.9. The number of benzene rings is 2. The number of imidazole rings is 1. The minimum absolute atomic E-state index is 0.0661. The fraction of sp³-hybridized carbons (Fsp3) is 0.360. The third-order valence-electron chi connectivity index (χ3n) is 6.73. The first kappa shape index (κ1) is 20.1. The van der Waals surface area contributed by atoms with E-state index in [2.05, 4.69) is 27.9 Å². The smallest absolute Gasteiger partial charge is 0.254 e. The highest BCUT2D eigenvalue weighted by Crippen LogP contribution is 2.42. The van der Waals surface area contributed by atoms with Gasteiger partial charge in [0.1, 0.15) is 13.2 Å². The van der Waals surface area contributed by atoms with Crippen molar-refractivity contribution in [3.05, 3.63) is 59.3 Å². The maximum absolute atomic E-state index is 13.9. The van der Waals surface area contributed by atoms with Gasteiger partial charge in [-0.15, -0.1) is 0 Å². The van der Waals surface area contributed by atoms with Crippen LogP contribution in [0.4, 0.5) is 5.95 Å². The molecule has 1 saturated heterocycles. The molecule has 1 unspecified atom stereocenters. The molecule has 0 saturated carbocycles. The first-order valence-corrected chi connectivity index (χ1v) is 11.4. The summed E-state index contributed by atoms with van der Waals surface area (Å²) in [5.41, 5.74) is 4.43. The highest BCUT2D eigenvalue weighted by molar-refractivity contribution is 5.98. The first-order chi connectivity index (χ1) is 16.1. The summed E-state index contributed by atoms with van der Waals surface area (Å²) in [6.45, 7) is 6.22. The van der Waals surface area contributed by atoms with Crippen LogP contribution in [0.15, 0.2) is 53.7 Å². The number of nitrogens with one attached hydrogen (secondary N) is 1. The average molecular weight is 446 g/mol. The van der Waals surface area contributed by atoms with Gasteiger partial charge in [0.15, 0.2) is 11.5 Å². The number of para-hydroxylation sites is 2. The Hall–Kier alpha value is -3.52. The van der Waals surface area contributed by atoms with E-state index >= 15 is 0 Å². The Morgan fingerprint density at radius 3 is 2.61 bits per heavy atom. The fourth-order valence-electron chi connectivity index (χ4n) is 4.97. The van der Waals surface area contributed by atoms with Gasteiger partial charge in [0, 0.05) is 31.9 Å². The topological polar surface area (TPSA) is 71.9 Å². The van der Waals surface area contributed by atoms with Crippen LogP contribution in [-0.4, -0.2) is 71.7 Å². The van der Waals surface area contributed by atoms with E-state index in [-0.39, 0.29) is 11.9 Å². The summed E-state index contributed by atoms with van der Waals surface area (Å²) in [6, 6.07) is 13.7. The predicted molar refractivity (Wildman–Crippen MR) is 126 cm³/mol. The zero-order valence-corrected chi connectivity index (χ0v) is 18.9. The summed E-state index contributed by atoms with van der Waals surface area (Å²) in [4.78, 5) is 23.0. The summed E-state index contributed by atoms with van der Waals surface area (Å²) in [5, 5.41) is 3.41. The molecule has 1 atom stereocenters. The standard InChI is InChI=1S/C25H27N5O3/c1-16-22(24(31)29-11-9-28(2)10-12-29)23(17-7-8-20-21(15-17)33-14-13-32-20)30-19-6-4-3-5-18(19)27-25(30)26-16/h3-8,15,23H,9-14H2,1-2H3,(H,26,27). The molecule has 33 heavy (non-hydrogen) atoms. The minimum atomic E-state index is -0.323. The number of hydrogen-bond donors (Lipinski definition) is 1. The van der Waals surface area contributed by atoms with Crippen LogP contribution in [0.1, 0.15) is 18.5 Å². The fourth-order valence-corrected chi connectivity index (χ4v) is 4.97. The van der Waals surface area contributed by atoms with Crippen molar-refractivity contribution in [3.63, 3.8) is 0 Å². The van der Waals surface area contributed by atoms with Gasteiger partial charge in [-0.05, 0) is 43.8 Å². The summed E-state index contributed by atoms with van der Waals surface area (Å²) in [6.07, 6.45) is 0. The molecule has 3 aliphatic heterocycles. The van der Waals surface area contributed by atoms with Gasteiger partial charge in [0.05, 0.1) is 22.6 Å². The average Bonchev–Trinajstić information content (AvgIpc) is 3.20. The molecule has 0 aliphatic carbocycles. The number of ether oxygens (including phenoxy) is 2. The molecule has 6 rings (SSSR count). The Morgan fingerprint density at radius 2 is 1.79 bits per heavy atom. The Labute approximate surface area is 192 Å². The second-order valence-corrected chi connectivity index (χ2v) is 8.86. The molecule has 3 aromatic rings. The van der Waals surface area contributed by atoms with Crippen LogP contribution >= 0.6 is 0 Å². The van der Waals surface area contributed by atoms with Crippen LogP contribution < -0.4 is 14.8 Å². The summed E-state index contributed by atoms with van der Waals surface area (Å²) < 4.78 is 13.8. The Bertz CT molecular complexity index is 1270. The number of aromatic nitrogens is 2. The van der Waals surface area contributed by atoms with E-state index in [1.165, 1.54) is 0 Å². The van der Waals surface area contributed by atoms with Gasteiger partial charge in [0.25, 0.3) is 5.91 Å². The van der Waals surface area contributed by atoms with Crippen LogP contribution in [-0.2, 0) is 4.79 Å². The van der Waals surface area contributed by atoms with Gasteiger partial charge in [-0.25, -0.2) is 4.98 Å². The van der Waals surface area contributed by atoms with Gasteiger partial charge in [-0.2, -0.15) is 0 Å². The summed E-state index contributed by atoms with van der Waals surface area (Å²) in [5.74, 6) is 2.26. The lowest BCUT2D eigenvalue weighted by molar-refractivity contribution is -0.129. The molecule has 1 amide bonds. The van der Waals surface area contributed by atoms with E-state index in [0.29, 0.717) is 19.0 Å². The number of hydrogen-bond acceptors (Lipinski definition) is 6. The van der Waals surface area contributed by atoms with E-state index in [1.54, 1.807) is 0 Å². The number of likely N-dealkylation sites (N-methyl/N-ethyl adjacent to an activating group) is 1. The van der Waals surface area contributed by atoms with Gasteiger partial charge in [0.2, 0.25) is 5.95 Å². The summed E-state index contributed by atoms with van der Waals surface area (Å²) in [7, 11) is 2.09.